The molecule has 1 N–H and O–H groups in total. The van der Waals surface area contributed by atoms with E-state index in [4.69, 9.17) is 0 Å². The summed E-state index contributed by atoms with van der Waals surface area (Å²) in [5.74, 6) is 0.611. The van der Waals surface area contributed by atoms with Crippen molar-refractivity contribution < 1.29 is 13.2 Å². The van der Waals surface area contributed by atoms with Crippen LogP contribution in [0.1, 0.15) is 35.3 Å². The van der Waals surface area contributed by atoms with Gasteiger partial charge in [-0.25, -0.2) is 12.7 Å². The summed E-state index contributed by atoms with van der Waals surface area (Å²) in [7, 11) is -3.11. The predicted molar refractivity (Wildman–Crippen MR) is 95.0 cm³/mol. The first-order chi connectivity index (χ1) is 11.8. The molecular weight excluding hydrogens is 342 g/mol. The molecule has 0 spiro atoms. The topological polar surface area (TPSA) is 90.6 Å². The summed E-state index contributed by atoms with van der Waals surface area (Å²) in [6.45, 7) is 4.21. The maximum absolute atomic E-state index is 12.6. The Kier molecular flexibility index (Phi) is 5.02. The van der Waals surface area contributed by atoms with Crippen molar-refractivity contribution in [2.24, 2.45) is 11.8 Å². The van der Waals surface area contributed by atoms with Crippen LogP contribution in [0, 0.1) is 18.8 Å². The van der Waals surface area contributed by atoms with Crippen molar-refractivity contribution in [1.82, 2.24) is 14.2 Å². The van der Waals surface area contributed by atoms with Gasteiger partial charge in [0, 0.05) is 31.9 Å². The minimum absolute atomic E-state index is 0.193. The minimum atomic E-state index is -3.11. The SMILES string of the molecule is Cc1ccc(C(=O)N2CCC(C3CCN(S(C)(=O)=O)CC3)C2)c(=O)[nH]1. The van der Waals surface area contributed by atoms with E-state index in [2.05, 4.69) is 4.98 Å². The van der Waals surface area contributed by atoms with Crippen LogP contribution in [0.2, 0.25) is 0 Å². The van der Waals surface area contributed by atoms with Gasteiger partial charge in [-0.15, -0.1) is 0 Å². The summed E-state index contributed by atoms with van der Waals surface area (Å²) in [4.78, 5) is 29.0. The van der Waals surface area contributed by atoms with Crippen LogP contribution in [-0.2, 0) is 10.0 Å². The molecule has 25 heavy (non-hydrogen) atoms. The summed E-state index contributed by atoms with van der Waals surface area (Å²) >= 11 is 0. The van der Waals surface area contributed by atoms with Crippen LogP contribution in [0.15, 0.2) is 16.9 Å². The third-order valence-corrected chi connectivity index (χ3v) is 6.74. The van der Waals surface area contributed by atoms with E-state index in [1.54, 1.807) is 24.0 Å². The van der Waals surface area contributed by atoms with Crippen LogP contribution in [0.5, 0.6) is 0 Å². The maximum Gasteiger partial charge on any atom is 0.260 e. The first kappa shape index (κ1) is 18.1. The molecule has 2 saturated heterocycles. The molecule has 2 aliphatic heterocycles. The number of piperidine rings is 1. The summed E-state index contributed by atoms with van der Waals surface area (Å²) in [5.41, 5.74) is 0.589. The normalized spacial score (nSPS) is 23.1. The molecule has 1 amide bonds. The van der Waals surface area contributed by atoms with Crippen LogP contribution >= 0.6 is 0 Å². The summed E-state index contributed by atoms with van der Waals surface area (Å²) in [5, 5.41) is 0. The number of hydrogen-bond donors (Lipinski definition) is 1. The van der Waals surface area contributed by atoms with Crippen molar-refractivity contribution in [3.63, 3.8) is 0 Å². The van der Waals surface area contributed by atoms with E-state index in [1.165, 1.54) is 10.6 Å². The van der Waals surface area contributed by atoms with E-state index in [9.17, 15) is 18.0 Å². The third kappa shape index (κ3) is 3.95. The molecule has 7 nitrogen and oxygen atoms in total. The van der Waals surface area contributed by atoms with E-state index < -0.39 is 10.0 Å². The van der Waals surface area contributed by atoms with Crippen molar-refractivity contribution in [1.29, 1.82) is 0 Å². The number of nitrogens with one attached hydrogen (secondary N) is 1. The molecule has 8 heteroatoms. The number of aromatic amines is 1. The quantitative estimate of drug-likeness (QED) is 0.856. The van der Waals surface area contributed by atoms with E-state index >= 15 is 0 Å². The Morgan fingerprint density at radius 3 is 2.36 bits per heavy atom. The van der Waals surface area contributed by atoms with Gasteiger partial charge in [-0.1, -0.05) is 0 Å². The van der Waals surface area contributed by atoms with E-state index in [0.717, 1.165) is 25.0 Å². The van der Waals surface area contributed by atoms with Crippen molar-refractivity contribution in [3.8, 4) is 0 Å². The van der Waals surface area contributed by atoms with Crippen molar-refractivity contribution >= 4 is 15.9 Å². The Labute approximate surface area is 148 Å². The van der Waals surface area contributed by atoms with Crippen molar-refractivity contribution in [3.05, 3.63) is 33.7 Å². The largest absolute Gasteiger partial charge is 0.338 e. The van der Waals surface area contributed by atoms with Gasteiger partial charge in [0.25, 0.3) is 11.5 Å². The Morgan fingerprint density at radius 2 is 1.76 bits per heavy atom. The van der Waals surface area contributed by atoms with Crippen LogP contribution in [0.25, 0.3) is 0 Å². The molecule has 0 saturated carbocycles. The van der Waals surface area contributed by atoms with Gasteiger partial charge in [0.2, 0.25) is 10.0 Å². The molecule has 2 aliphatic rings. The Morgan fingerprint density at radius 1 is 1.12 bits per heavy atom. The van der Waals surface area contributed by atoms with Crippen LogP contribution < -0.4 is 5.56 Å². The zero-order chi connectivity index (χ0) is 18.2. The second-order valence-electron chi connectivity index (χ2n) is 7.18. The summed E-state index contributed by atoms with van der Waals surface area (Å²) in [6.07, 6.45) is 3.84. The van der Waals surface area contributed by atoms with Crippen LogP contribution in [-0.4, -0.2) is 60.9 Å². The zero-order valence-corrected chi connectivity index (χ0v) is 15.5. The lowest BCUT2D eigenvalue weighted by molar-refractivity contribution is 0.0777. The van der Waals surface area contributed by atoms with E-state index in [-0.39, 0.29) is 17.0 Å². The molecule has 0 aromatic carbocycles. The Balaban J connectivity index is 1.61. The molecule has 138 valence electrons. The number of aryl methyl sites for hydroxylation is 1. The molecule has 0 aliphatic carbocycles. The number of amides is 1. The second kappa shape index (κ2) is 6.92. The number of carbonyl (C=O) groups is 1. The lowest BCUT2D eigenvalue weighted by Gasteiger charge is -2.33. The average molecular weight is 367 g/mol. The minimum Gasteiger partial charge on any atom is -0.338 e. The smallest absolute Gasteiger partial charge is 0.260 e. The first-order valence-electron chi connectivity index (χ1n) is 8.70. The number of carbonyl (C=O) groups excluding carboxylic acids is 1. The lowest BCUT2D eigenvalue weighted by Crippen LogP contribution is -2.40. The van der Waals surface area contributed by atoms with Crippen LogP contribution in [0.3, 0.4) is 0 Å². The monoisotopic (exact) mass is 367 g/mol. The fraction of sp³-hybridized carbons (Fsp3) is 0.647. The van der Waals surface area contributed by atoms with E-state index in [0.29, 0.717) is 38.0 Å². The molecule has 1 aromatic heterocycles. The predicted octanol–water partition coefficient (Wildman–Crippen LogP) is 0.817. The molecule has 1 aromatic rings. The van der Waals surface area contributed by atoms with Gasteiger partial charge in [-0.05, 0) is 50.2 Å². The lowest BCUT2D eigenvalue weighted by atomic mass is 9.84. The van der Waals surface area contributed by atoms with E-state index in [1.807, 2.05) is 0 Å². The average Bonchev–Trinajstić information content (AvgIpc) is 3.03. The molecule has 3 heterocycles. The molecule has 1 unspecified atom stereocenters. The molecule has 2 fully saturated rings. The first-order valence-corrected chi connectivity index (χ1v) is 10.5. The number of H-pyrrole nitrogens is 1. The number of aromatic nitrogens is 1. The fourth-order valence-electron chi connectivity index (χ4n) is 3.95. The van der Waals surface area contributed by atoms with Gasteiger partial charge in [0.05, 0.1) is 6.26 Å². The standard InChI is InChI=1S/C17H25N3O4S/c1-12-3-4-15(16(21)18-12)17(22)19-8-5-14(11-19)13-6-9-20(10-7-13)25(2,23)24/h3-4,13-14H,5-11H2,1-2H3,(H,18,21). The Hall–Kier alpha value is -1.67. The molecule has 0 radical (unpaired) electrons. The summed E-state index contributed by atoms with van der Waals surface area (Å²) in [6, 6.07) is 3.33. The molecule has 1 atom stereocenters. The number of rotatable bonds is 3. The third-order valence-electron chi connectivity index (χ3n) is 5.43. The molecule has 3 rings (SSSR count). The highest BCUT2D eigenvalue weighted by atomic mass is 32.2. The van der Waals surface area contributed by atoms with Gasteiger partial charge in [-0.2, -0.15) is 0 Å². The number of nitrogens with zero attached hydrogens (tertiary/aromatic N) is 2. The highest BCUT2D eigenvalue weighted by molar-refractivity contribution is 7.88. The second-order valence-corrected chi connectivity index (χ2v) is 9.17. The molecular formula is C17H25N3O4S. The van der Waals surface area contributed by atoms with Gasteiger partial charge < -0.3 is 9.88 Å². The van der Waals surface area contributed by atoms with Gasteiger partial charge in [-0.3, -0.25) is 9.59 Å². The van der Waals surface area contributed by atoms with Gasteiger partial charge in [0.1, 0.15) is 5.56 Å². The maximum atomic E-state index is 12.6. The highest BCUT2D eigenvalue weighted by Crippen LogP contribution is 2.32. The summed E-state index contributed by atoms with van der Waals surface area (Å²) < 4.78 is 24.8. The van der Waals surface area contributed by atoms with Gasteiger partial charge >= 0.3 is 0 Å². The number of hydrogen-bond acceptors (Lipinski definition) is 4. The number of pyridine rings is 1. The zero-order valence-electron chi connectivity index (χ0n) is 14.7. The Bertz CT molecular complexity index is 809. The number of likely N-dealkylation sites (tertiary alicyclic amines) is 1. The van der Waals surface area contributed by atoms with Crippen LogP contribution in [0.4, 0.5) is 0 Å². The van der Waals surface area contributed by atoms with Crippen molar-refractivity contribution in [2.45, 2.75) is 26.2 Å². The highest BCUT2D eigenvalue weighted by Gasteiger charge is 2.35. The number of sulfonamides is 1. The fourth-order valence-corrected chi connectivity index (χ4v) is 4.82. The van der Waals surface area contributed by atoms with Gasteiger partial charge in [0.15, 0.2) is 0 Å². The molecule has 0 bridgehead atoms. The van der Waals surface area contributed by atoms with Crippen molar-refractivity contribution in [2.75, 3.05) is 32.4 Å².